The second-order valence-electron chi connectivity index (χ2n) is 7.86. The van der Waals surface area contributed by atoms with E-state index in [1.54, 1.807) is 48.5 Å². The van der Waals surface area contributed by atoms with Crippen LogP contribution in [0.2, 0.25) is 0 Å². The van der Waals surface area contributed by atoms with E-state index in [0.29, 0.717) is 21.9 Å². The molecule has 0 aromatic heterocycles. The molecule has 0 saturated carbocycles. The number of benzene rings is 4. The number of para-hydroxylation sites is 2. The second-order valence-corrected chi connectivity index (χ2v) is 8.82. The molecule has 0 spiro atoms. The third-order valence-electron chi connectivity index (χ3n) is 5.48. The molecule has 0 radical (unpaired) electrons. The molecule has 2 N–H and O–H groups in total. The number of hydrogen-bond donors (Lipinski definition) is 4. The summed E-state index contributed by atoms with van der Waals surface area (Å²) in [5.41, 5.74) is -0.527. The molecule has 0 aliphatic heterocycles. The maximum atomic E-state index is 15.1. The fraction of sp³-hybridized carbons (Fsp3) is 0.0769. The Balaban J connectivity index is 1.98. The van der Waals surface area contributed by atoms with Crippen molar-refractivity contribution in [3.05, 3.63) is 119 Å². The minimum absolute atomic E-state index is 0.290. The molecule has 2 nitrogen and oxygen atoms in total. The zero-order valence-corrected chi connectivity index (χ0v) is 20.0. The quantitative estimate of drug-likeness (QED) is 0.109. The van der Waals surface area contributed by atoms with Gasteiger partial charge in [-0.05, 0) is 36.4 Å². The fourth-order valence-electron chi connectivity index (χ4n) is 3.81. The third-order valence-corrected chi connectivity index (χ3v) is 6.26. The molecule has 0 fully saturated rings. The van der Waals surface area contributed by atoms with Crippen LogP contribution < -0.4 is 10.6 Å². The van der Waals surface area contributed by atoms with Crippen molar-refractivity contribution in [1.29, 1.82) is 0 Å². The van der Waals surface area contributed by atoms with Crippen LogP contribution in [0.15, 0.2) is 82.6 Å². The molecule has 2 atom stereocenters. The molecule has 186 valence electrons. The summed E-state index contributed by atoms with van der Waals surface area (Å²) in [7, 11) is 0. The Morgan fingerprint density at radius 1 is 0.528 bits per heavy atom. The van der Waals surface area contributed by atoms with Gasteiger partial charge in [0, 0.05) is 44.4 Å². The third kappa shape index (κ3) is 5.44. The number of nitrogens with one attached hydrogen (secondary N) is 2. The molecule has 0 aliphatic carbocycles. The van der Waals surface area contributed by atoms with Crippen LogP contribution >= 0.6 is 25.3 Å². The first-order valence-electron chi connectivity index (χ1n) is 10.5. The zero-order valence-electron chi connectivity index (χ0n) is 18.2. The van der Waals surface area contributed by atoms with Crippen LogP contribution in [0.5, 0.6) is 0 Å². The summed E-state index contributed by atoms with van der Waals surface area (Å²) in [6.07, 6.45) is 0. The SMILES string of the molecule is Fc1cc(F)c(F)c(C(Nc2ccccc2S)C(Nc2ccccc2S)c2cc(F)cc(F)c2F)c1. The van der Waals surface area contributed by atoms with Gasteiger partial charge in [-0.25, -0.2) is 26.3 Å². The normalized spacial score (nSPS) is 12.8. The molecule has 4 aromatic rings. The average Bonchev–Trinajstić information content (AvgIpc) is 2.83. The van der Waals surface area contributed by atoms with Gasteiger partial charge in [-0.3, -0.25) is 0 Å². The van der Waals surface area contributed by atoms with Gasteiger partial charge in [0.15, 0.2) is 23.3 Å². The first kappa shape index (κ1) is 25.8. The van der Waals surface area contributed by atoms with Gasteiger partial charge in [0.1, 0.15) is 11.6 Å². The van der Waals surface area contributed by atoms with Gasteiger partial charge < -0.3 is 10.6 Å². The van der Waals surface area contributed by atoms with Gasteiger partial charge in [-0.15, -0.1) is 25.3 Å². The minimum atomic E-state index is -1.49. The van der Waals surface area contributed by atoms with Crippen LogP contribution in [0.3, 0.4) is 0 Å². The van der Waals surface area contributed by atoms with Crippen LogP contribution in [0.25, 0.3) is 0 Å². The van der Waals surface area contributed by atoms with Gasteiger partial charge in [0.2, 0.25) is 0 Å². The summed E-state index contributed by atoms with van der Waals surface area (Å²) in [5, 5.41) is 5.83. The van der Waals surface area contributed by atoms with Crippen molar-refractivity contribution in [3.8, 4) is 0 Å². The number of rotatable bonds is 7. The predicted octanol–water partition coefficient (Wildman–Crippen LogP) is 8.11. The highest BCUT2D eigenvalue weighted by molar-refractivity contribution is 7.80. The highest BCUT2D eigenvalue weighted by Gasteiger charge is 2.33. The van der Waals surface area contributed by atoms with Crippen molar-refractivity contribution < 1.29 is 26.3 Å². The molecule has 0 amide bonds. The van der Waals surface area contributed by atoms with Crippen LogP contribution in [0.4, 0.5) is 37.7 Å². The summed E-state index contributed by atoms with van der Waals surface area (Å²) in [5.74, 6) is -8.03. The lowest BCUT2D eigenvalue weighted by Gasteiger charge is -2.32. The van der Waals surface area contributed by atoms with Gasteiger partial charge in [-0.2, -0.15) is 0 Å². The minimum Gasteiger partial charge on any atom is -0.375 e. The van der Waals surface area contributed by atoms with E-state index >= 15 is 8.78 Å². The lowest BCUT2D eigenvalue weighted by molar-refractivity contribution is 0.454. The molecule has 0 aliphatic rings. The Morgan fingerprint density at radius 2 is 0.889 bits per heavy atom. The number of halogens is 6. The Hall–Kier alpha value is -3.24. The molecule has 0 bridgehead atoms. The smallest absolute Gasteiger partial charge is 0.164 e. The Kier molecular flexibility index (Phi) is 7.75. The number of anilines is 2. The van der Waals surface area contributed by atoms with Gasteiger partial charge in [-0.1, -0.05) is 24.3 Å². The van der Waals surface area contributed by atoms with E-state index in [4.69, 9.17) is 0 Å². The maximum Gasteiger partial charge on any atom is 0.164 e. The van der Waals surface area contributed by atoms with Crippen molar-refractivity contribution in [2.24, 2.45) is 0 Å². The Bertz CT molecular complexity index is 1310. The molecular formula is C26H18F6N2S2. The van der Waals surface area contributed by atoms with E-state index in [1.165, 1.54) is 0 Å². The van der Waals surface area contributed by atoms with E-state index in [1.807, 2.05) is 0 Å². The molecular weight excluding hydrogens is 518 g/mol. The average molecular weight is 537 g/mol. The maximum absolute atomic E-state index is 15.1. The number of hydrogen-bond acceptors (Lipinski definition) is 4. The molecule has 2 unspecified atom stereocenters. The molecule has 0 heterocycles. The van der Waals surface area contributed by atoms with E-state index in [2.05, 4.69) is 35.9 Å². The summed E-state index contributed by atoms with van der Waals surface area (Å²) in [6, 6.07) is 12.1. The Morgan fingerprint density at radius 3 is 1.25 bits per heavy atom. The molecule has 10 heteroatoms. The van der Waals surface area contributed by atoms with Gasteiger partial charge in [0.25, 0.3) is 0 Å². The van der Waals surface area contributed by atoms with Crippen molar-refractivity contribution in [3.63, 3.8) is 0 Å². The summed E-state index contributed by atoms with van der Waals surface area (Å²) in [6.45, 7) is 0. The molecule has 36 heavy (non-hydrogen) atoms. The molecule has 4 aromatic carbocycles. The van der Waals surface area contributed by atoms with E-state index in [-0.39, 0.29) is 11.4 Å². The van der Waals surface area contributed by atoms with Crippen LogP contribution in [0.1, 0.15) is 23.2 Å². The van der Waals surface area contributed by atoms with E-state index in [9.17, 15) is 17.6 Å². The van der Waals surface area contributed by atoms with Crippen LogP contribution in [-0.2, 0) is 0 Å². The lowest BCUT2D eigenvalue weighted by atomic mass is 9.91. The highest BCUT2D eigenvalue weighted by atomic mass is 32.1. The lowest BCUT2D eigenvalue weighted by Crippen LogP contribution is -2.28. The molecule has 0 saturated heterocycles. The largest absolute Gasteiger partial charge is 0.375 e. The fourth-order valence-corrected chi connectivity index (χ4v) is 4.26. The van der Waals surface area contributed by atoms with Crippen LogP contribution in [0, 0.1) is 34.9 Å². The van der Waals surface area contributed by atoms with E-state index in [0.717, 1.165) is 12.1 Å². The number of thiol groups is 2. The molecule has 4 rings (SSSR count). The zero-order chi connectivity index (χ0) is 26.0. The summed E-state index contributed by atoms with van der Waals surface area (Å²) >= 11 is 8.69. The van der Waals surface area contributed by atoms with Crippen LogP contribution in [-0.4, -0.2) is 0 Å². The van der Waals surface area contributed by atoms with Gasteiger partial charge >= 0.3 is 0 Å². The Labute approximate surface area is 214 Å². The first-order chi connectivity index (χ1) is 17.2. The van der Waals surface area contributed by atoms with E-state index < -0.39 is 58.1 Å². The van der Waals surface area contributed by atoms with Crippen molar-refractivity contribution in [2.75, 3.05) is 10.6 Å². The second kappa shape index (κ2) is 10.8. The van der Waals surface area contributed by atoms with Crippen molar-refractivity contribution >= 4 is 36.6 Å². The van der Waals surface area contributed by atoms with Crippen molar-refractivity contribution in [1.82, 2.24) is 0 Å². The predicted molar refractivity (Wildman–Crippen MR) is 133 cm³/mol. The topological polar surface area (TPSA) is 24.1 Å². The highest BCUT2D eigenvalue weighted by Crippen LogP contribution is 2.40. The standard InChI is InChI=1S/C26H18F6N2S2/c27-13-9-15(23(31)17(29)11-13)25(33-19-5-1-3-7-21(19)35)26(34-20-6-2-4-8-22(20)36)16-10-14(28)12-18(30)24(16)32/h1-12,25-26,33-36H. The summed E-state index contributed by atoms with van der Waals surface area (Å²) < 4.78 is 87.4. The van der Waals surface area contributed by atoms with Gasteiger partial charge in [0.05, 0.1) is 12.1 Å². The van der Waals surface area contributed by atoms with Crippen molar-refractivity contribution in [2.45, 2.75) is 21.9 Å². The first-order valence-corrected chi connectivity index (χ1v) is 11.4. The summed E-state index contributed by atoms with van der Waals surface area (Å²) in [4.78, 5) is 0.748. The monoisotopic (exact) mass is 536 g/mol.